The molecule has 0 saturated carbocycles. The molecule has 17 heavy (non-hydrogen) atoms. The average Bonchev–Trinajstić information content (AvgIpc) is 2.25. The first-order valence-corrected chi connectivity index (χ1v) is 6.11. The van der Waals surface area contributed by atoms with Crippen molar-refractivity contribution in [3.63, 3.8) is 0 Å². The lowest BCUT2D eigenvalue weighted by Gasteiger charge is -1.94. The Hall–Kier alpha value is -1.26. The maximum absolute atomic E-state index is 8.60. The molecule has 94 valence electrons. The Kier molecular flexibility index (Phi) is 9.19. The lowest BCUT2D eigenvalue weighted by Crippen LogP contribution is -1.75. The van der Waals surface area contributed by atoms with Gasteiger partial charge in [-0.05, 0) is 63.8 Å². The average molecular weight is 232 g/mol. The summed E-state index contributed by atoms with van der Waals surface area (Å²) in [6, 6.07) is 0. The van der Waals surface area contributed by atoms with Crippen LogP contribution in [0.4, 0.5) is 0 Å². The fourth-order valence-electron chi connectivity index (χ4n) is 1.31. The molecular weight excluding hydrogens is 208 g/mol. The van der Waals surface area contributed by atoms with Crippen LogP contribution in [0.3, 0.4) is 0 Å². The first kappa shape index (κ1) is 15.7. The van der Waals surface area contributed by atoms with Crippen LogP contribution in [0, 0.1) is 0 Å². The Bertz CT molecular complexity index is 366. The normalized spacial score (nSPS) is 8.76. The summed E-state index contributed by atoms with van der Waals surface area (Å²) in [5.74, 6) is 0. The zero-order valence-corrected chi connectivity index (χ0v) is 11.5. The van der Waals surface area contributed by atoms with Gasteiger partial charge in [-0.3, -0.25) is 0 Å². The SMILES string of the molecule is CC(=C=CCO)CC=C=C(C)CCC=C(C)C. The summed E-state index contributed by atoms with van der Waals surface area (Å²) >= 11 is 0. The fourth-order valence-corrected chi connectivity index (χ4v) is 1.31. The Morgan fingerprint density at radius 1 is 1.00 bits per heavy atom. The number of hydrogen-bond donors (Lipinski definition) is 1. The number of hydrogen-bond acceptors (Lipinski definition) is 1. The van der Waals surface area contributed by atoms with Crippen LogP contribution in [0.1, 0.15) is 47.0 Å². The van der Waals surface area contributed by atoms with Gasteiger partial charge in [0.25, 0.3) is 0 Å². The Balaban J connectivity index is 4.20. The van der Waals surface area contributed by atoms with Gasteiger partial charge in [0.05, 0.1) is 6.61 Å². The standard InChI is InChI=1S/C16H24O/c1-14(2)8-5-9-15(3)10-6-11-16(4)12-7-13-17/h6-8,17H,5,9,11,13H2,1-4H3. The van der Waals surface area contributed by atoms with Crippen LogP contribution < -0.4 is 0 Å². The minimum Gasteiger partial charge on any atom is -0.392 e. The smallest absolute Gasteiger partial charge is 0.0686 e. The summed E-state index contributed by atoms with van der Waals surface area (Å²) in [5.41, 5.74) is 10.1. The lowest BCUT2D eigenvalue weighted by atomic mass is 10.1. The van der Waals surface area contributed by atoms with Crippen molar-refractivity contribution in [2.75, 3.05) is 6.61 Å². The van der Waals surface area contributed by atoms with Gasteiger partial charge in [0.1, 0.15) is 0 Å². The minimum absolute atomic E-state index is 0.0542. The molecule has 0 unspecified atom stereocenters. The zero-order valence-electron chi connectivity index (χ0n) is 11.5. The monoisotopic (exact) mass is 232 g/mol. The molecule has 0 fully saturated rings. The van der Waals surface area contributed by atoms with Gasteiger partial charge < -0.3 is 5.11 Å². The van der Waals surface area contributed by atoms with Crippen LogP contribution in [0.5, 0.6) is 0 Å². The summed E-state index contributed by atoms with van der Waals surface area (Å²) in [6.45, 7) is 8.41. The fraction of sp³-hybridized carbons (Fsp3) is 0.500. The van der Waals surface area contributed by atoms with E-state index in [0.717, 1.165) is 24.8 Å². The molecule has 0 rings (SSSR count). The third-order valence-electron chi connectivity index (χ3n) is 2.27. The summed E-state index contributed by atoms with van der Waals surface area (Å²) in [5, 5.41) is 8.60. The summed E-state index contributed by atoms with van der Waals surface area (Å²) < 4.78 is 0. The van der Waals surface area contributed by atoms with E-state index in [1.807, 2.05) is 13.0 Å². The second-order valence-electron chi connectivity index (χ2n) is 4.46. The second-order valence-corrected chi connectivity index (χ2v) is 4.46. The van der Waals surface area contributed by atoms with Gasteiger partial charge in [0.2, 0.25) is 0 Å². The van der Waals surface area contributed by atoms with Crippen LogP contribution in [0.15, 0.2) is 46.4 Å². The van der Waals surface area contributed by atoms with Crippen molar-refractivity contribution in [1.29, 1.82) is 0 Å². The van der Waals surface area contributed by atoms with E-state index >= 15 is 0 Å². The highest BCUT2D eigenvalue weighted by Crippen LogP contribution is 2.06. The molecule has 0 aromatic carbocycles. The van der Waals surface area contributed by atoms with E-state index in [2.05, 4.69) is 38.3 Å². The molecule has 1 heteroatoms. The Labute approximate surface area is 106 Å². The van der Waals surface area contributed by atoms with Gasteiger partial charge in [-0.25, -0.2) is 0 Å². The first-order chi connectivity index (χ1) is 8.06. The third-order valence-corrected chi connectivity index (χ3v) is 2.27. The molecular formula is C16H24O. The molecule has 0 radical (unpaired) electrons. The van der Waals surface area contributed by atoms with Gasteiger partial charge in [0, 0.05) is 6.42 Å². The van der Waals surface area contributed by atoms with Crippen molar-refractivity contribution in [2.45, 2.75) is 47.0 Å². The number of aliphatic hydroxyl groups excluding tert-OH is 1. The van der Waals surface area contributed by atoms with E-state index in [9.17, 15) is 0 Å². The topological polar surface area (TPSA) is 20.2 Å². The van der Waals surface area contributed by atoms with Crippen LogP contribution in [0.25, 0.3) is 0 Å². The molecule has 0 bridgehead atoms. The van der Waals surface area contributed by atoms with E-state index in [0.29, 0.717) is 0 Å². The molecule has 0 aliphatic rings. The maximum atomic E-state index is 8.60. The molecule has 0 atom stereocenters. The highest BCUT2D eigenvalue weighted by atomic mass is 16.2. The lowest BCUT2D eigenvalue weighted by molar-refractivity contribution is 0.343. The van der Waals surface area contributed by atoms with Crippen LogP contribution >= 0.6 is 0 Å². The molecule has 0 heterocycles. The molecule has 1 nitrogen and oxygen atoms in total. The van der Waals surface area contributed by atoms with Crippen LogP contribution in [-0.4, -0.2) is 11.7 Å². The van der Waals surface area contributed by atoms with E-state index in [-0.39, 0.29) is 6.61 Å². The molecule has 0 aliphatic carbocycles. The molecule has 0 spiro atoms. The van der Waals surface area contributed by atoms with Gasteiger partial charge in [0.15, 0.2) is 0 Å². The largest absolute Gasteiger partial charge is 0.392 e. The predicted octanol–water partition coefficient (Wildman–Crippen LogP) is 4.32. The number of aliphatic hydroxyl groups is 1. The molecule has 1 N–H and O–H groups in total. The van der Waals surface area contributed by atoms with Crippen molar-refractivity contribution in [1.82, 2.24) is 0 Å². The first-order valence-electron chi connectivity index (χ1n) is 6.11. The molecule has 0 saturated heterocycles. The summed E-state index contributed by atoms with van der Waals surface area (Å²) in [6.07, 6.45) is 8.92. The minimum atomic E-state index is 0.0542. The number of allylic oxidation sites excluding steroid dienone is 3. The van der Waals surface area contributed by atoms with Crippen molar-refractivity contribution in [3.05, 3.63) is 46.4 Å². The second kappa shape index (κ2) is 9.93. The Morgan fingerprint density at radius 3 is 2.24 bits per heavy atom. The van der Waals surface area contributed by atoms with Crippen molar-refractivity contribution in [2.24, 2.45) is 0 Å². The van der Waals surface area contributed by atoms with Crippen molar-refractivity contribution >= 4 is 0 Å². The quantitative estimate of drug-likeness (QED) is 0.534. The summed E-state index contributed by atoms with van der Waals surface area (Å²) in [4.78, 5) is 0. The molecule has 0 aromatic rings. The number of rotatable bonds is 6. The highest BCUT2D eigenvalue weighted by molar-refractivity contribution is 5.07. The predicted molar refractivity (Wildman–Crippen MR) is 74.9 cm³/mol. The molecule has 0 amide bonds. The molecule has 0 aromatic heterocycles. The van der Waals surface area contributed by atoms with Crippen LogP contribution in [-0.2, 0) is 0 Å². The van der Waals surface area contributed by atoms with Gasteiger partial charge in [-0.1, -0.05) is 11.6 Å². The zero-order chi connectivity index (χ0) is 13.1. The van der Waals surface area contributed by atoms with Crippen molar-refractivity contribution < 1.29 is 5.11 Å². The molecule has 0 aliphatic heterocycles. The van der Waals surface area contributed by atoms with E-state index in [1.165, 1.54) is 11.1 Å². The van der Waals surface area contributed by atoms with Gasteiger partial charge >= 0.3 is 0 Å². The summed E-state index contributed by atoms with van der Waals surface area (Å²) in [7, 11) is 0. The van der Waals surface area contributed by atoms with E-state index < -0.39 is 0 Å². The van der Waals surface area contributed by atoms with Gasteiger partial charge in [-0.2, -0.15) is 0 Å². The van der Waals surface area contributed by atoms with E-state index in [1.54, 1.807) is 6.08 Å². The highest BCUT2D eigenvalue weighted by Gasteiger charge is 1.87. The van der Waals surface area contributed by atoms with Crippen molar-refractivity contribution in [3.8, 4) is 0 Å². The van der Waals surface area contributed by atoms with Gasteiger partial charge in [-0.15, -0.1) is 11.5 Å². The third kappa shape index (κ3) is 11.0. The maximum Gasteiger partial charge on any atom is 0.0686 e. The Morgan fingerprint density at radius 2 is 1.65 bits per heavy atom. The van der Waals surface area contributed by atoms with E-state index in [4.69, 9.17) is 5.11 Å². The van der Waals surface area contributed by atoms with Crippen LogP contribution in [0.2, 0.25) is 0 Å².